The Balaban J connectivity index is 1.52. The van der Waals surface area contributed by atoms with Crippen molar-refractivity contribution in [1.82, 2.24) is 24.9 Å². The molecule has 3 aromatic rings. The second-order valence-corrected chi connectivity index (χ2v) is 9.06. The van der Waals surface area contributed by atoms with Gasteiger partial charge < -0.3 is 5.32 Å². The number of nitriles is 1. The molecular weight excluding hydrogens is 476 g/mol. The minimum absolute atomic E-state index is 0.0143. The number of benzene rings is 1. The molecule has 2 saturated carbocycles. The van der Waals surface area contributed by atoms with Gasteiger partial charge in [-0.1, -0.05) is 17.7 Å². The van der Waals surface area contributed by atoms with E-state index in [-0.39, 0.29) is 23.4 Å². The molecule has 12 heteroatoms. The number of carbonyl (C=O) groups is 1. The predicted octanol–water partition coefficient (Wildman–Crippen LogP) is 4.69. The first-order valence-electron chi connectivity index (χ1n) is 10.4. The standard InChI is InChI=1S/C22H17ClF4N6O/c1-32-19(16(22(25,26)27)17(31-32)21(24)6-7-21)33-10-13(9-29-33)12-2-3-15(23)14(8-12)18(34)30-20(11-28)4-5-20/h2-3,8-10H,4-7H2,1H3,(H,30,34). The number of rotatable bonds is 5. The Hall–Kier alpha value is -3.39. The predicted molar refractivity (Wildman–Crippen MR) is 113 cm³/mol. The summed E-state index contributed by atoms with van der Waals surface area (Å²) in [7, 11) is 1.30. The molecule has 2 aliphatic rings. The largest absolute Gasteiger partial charge is 0.421 e. The van der Waals surface area contributed by atoms with Crippen LogP contribution in [-0.2, 0) is 18.9 Å². The Kier molecular flexibility index (Phi) is 4.81. The molecule has 0 atom stereocenters. The van der Waals surface area contributed by atoms with Crippen LogP contribution >= 0.6 is 11.6 Å². The molecule has 176 valence electrons. The molecule has 0 unspecified atom stereocenters. The van der Waals surface area contributed by atoms with E-state index in [1.54, 1.807) is 6.07 Å². The Morgan fingerprint density at radius 3 is 2.53 bits per heavy atom. The fourth-order valence-corrected chi connectivity index (χ4v) is 4.04. The van der Waals surface area contributed by atoms with Gasteiger partial charge in [0.15, 0.2) is 11.5 Å². The quantitative estimate of drug-likeness (QED) is 0.523. The maximum absolute atomic E-state index is 14.6. The van der Waals surface area contributed by atoms with Crippen LogP contribution in [0.5, 0.6) is 0 Å². The van der Waals surface area contributed by atoms with Crippen molar-refractivity contribution in [3.63, 3.8) is 0 Å². The summed E-state index contributed by atoms with van der Waals surface area (Å²) in [5.74, 6) is -0.930. The Morgan fingerprint density at radius 2 is 1.94 bits per heavy atom. The lowest BCUT2D eigenvalue weighted by atomic mass is 10.1. The van der Waals surface area contributed by atoms with E-state index in [0.717, 1.165) is 9.36 Å². The lowest BCUT2D eigenvalue weighted by molar-refractivity contribution is -0.139. The number of carbonyl (C=O) groups excluding carboxylic acids is 1. The molecule has 7 nitrogen and oxygen atoms in total. The monoisotopic (exact) mass is 492 g/mol. The van der Waals surface area contributed by atoms with Crippen LogP contribution < -0.4 is 5.32 Å². The highest BCUT2D eigenvalue weighted by Gasteiger charge is 2.54. The molecule has 0 saturated heterocycles. The molecule has 0 aliphatic heterocycles. The molecule has 2 aliphatic carbocycles. The Bertz CT molecular complexity index is 1360. The van der Waals surface area contributed by atoms with Crippen molar-refractivity contribution >= 4 is 17.5 Å². The van der Waals surface area contributed by atoms with E-state index >= 15 is 0 Å². The van der Waals surface area contributed by atoms with Crippen LogP contribution in [0, 0.1) is 11.3 Å². The summed E-state index contributed by atoms with van der Waals surface area (Å²) in [5.41, 5.74) is -3.76. The normalized spacial score (nSPS) is 17.8. The molecule has 2 heterocycles. The molecule has 0 bridgehead atoms. The highest BCUT2D eigenvalue weighted by molar-refractivity contribution is 6.34. The third kappa shape index (κ3) is 3.72. The van der Waals surface area contributed by atoms with E-state index in [4.69, 9.17) is 11.6 Å². The fraction of sp³-hybridized carbons (Fsp3) is 0.364. The molecule has 1 N–H and O–H groups in total. The summed E-state index contributed by atoms with van der Waals surface area (Å²) in [6.07, 6.45) is -1.09. The smallest absolute Gasteiger partial charge is 0.334 e. The van der Waals surface area contributed by atoms with Crippen LogP contribution in [0.15, 0.2) is 30.6 Å². The number of aromatic nitrogens is 4. The Morgan fingerprint density at radius 1 is 1.24 bits per heavy atom. The third-order valence-corrected chi connectivity index (χ3v) is 6.40. The van der Waals surface area contributed by atoms with Crippen molar-refractivity contribution in [2.24, 2.45) is 7.05 Å². The summed E-state index contributed by atoms with van der Waals surface area (Å²) < 4.78 is 58.3. The first kappa shape index (κ1) is 22.4. The van der Waals surface area contributed by atoms with Gasteiger partial charge in [-0.25, -0.2) is 9.07 Å². The van der Waals surface area contributed by atoms with E-state index in [1.165, 1.54) is 31.6 Å². The summed E-state index contributed by atoms with van der Waals surface area (Å²) in [5, 5.41) is 19.9. The number of halogens is 5. The second-order valence-electron chi connectivity index (χ2n) is 8.65. The average molecular weight is 493 g/mol. The van der Waals surface area contributed by atoms with Crippen LogP contribution in [0.2, 0.25) is 5.02 Å². The average Bonchev–Trinajstić information content (AvgIpc) is 3.61. The SMILES string of the molecule is Cn1nc(C2(F)CC2)c(C(F)(F)F)c1-n1cc(-c2ccc(Cl)c(C(=O)NC3(C#N)CC3)c2)cn1. The van der Waals surface area contributed by atoms with Crippen LogP contribution in [-0.4, -0.2) is 31.0 Å². The molecule has 2 fully saturated rings. The van der Waals surface area contributed by atoms with Gasteiger partial charge in [-0.15, -0.1) is 0 Å². The van der Waals surface area contributed by atoms with Gasteiger partial charge in [-0.3, -0.25) is 9.48 Å². The van der Waals surface area contributed by atoms with Gasteiger partial charge in [0.25, 0.3) is 5.91 Å². The summed E-state index contributed by atoms with van der Waals surface area (Å²) in [6.45, 7) is 0. The molecule has 0 spiro atoms. The highest BCUT2D eigenvalue weighted by atomic mass is 35.5. The number of nitrogens with one attached hydrogen (secondary N) is 1. The van der Waals surface area contributed by atoms with Crippen molar-refractivity contribution in [2.75, 3.05) is 0 Å². The maximum atomic E-state index is 14.6. The minimum Gasteiger partial charge on any atom is -0.334 e. The fourth-order valence-electron chi connectivity index (χ4n) is 3.84. The van der Waals surface area contributed by atoms with E-state index in [0.29, 0.717) is 24.0 Å². The van der Waals surface area contributed by atoms with Gasteiger partial charge in [0.2, 0.25) is 0 Å². The van der Waals surface area contributed by atoms with Crippen molar-refractivity contribution in [1.29, 1.82) is 5.26 Å². The van der Waals surface area contributed by atoms with E-state index in [1.807, 2.05) is 0 Å². The molecule has 1 aromatic carbocycles. The zero-order chi connectivity index (χ0) is 24.5. The van der Waals surface area contributed by atoms with E-state index < -0.39 is 40.4 Å². The highest BCUT2D eigenvalue weighted by Crippen LogP contribution is 2.53. The first-order chi connectivity index (χ1) is 16.0. The van der Waals surface area contributed by atoms with Gasteiger partial charge in [0, 0.05) is 18.8 Å². The number of hydrogen-bond donors (Lipinski definition) is 1. The molecular formula is C22H17ClF4N6O. The van der Waals surface area contributed by atoms with E-state index in [2.05, 4.69) is 21.6 Å². The molecule has 0 radical (unpaired) electrons. The van der Waals surface area contributed by atoms with Crippen LogP contribution in [0.25, 0.3) is 16.9 Å². The number of aryl methyl sites for hydroxylation is 1. The van der Waals surface area contributed by atoms with Gasteiger partial charge in [0.05, 0.1) is 22.9 Å². The first-order valence-corrected chi connectivity index (χ1v) is 10.8. The van der Waals surface area contributed by atoms with Crippen molar-refractivity contribution in [3.05, 3.63) is 52.4 Å². The molecule has 2 aromatic heterocycles. The Labute approximate surface area is 195 Å². The second kappa shape index (κ2) is 7.30. The number of alkyl halides is 4. The molecule has 5 rings (SSSR count). The van der Waals surface area contributed by atoms with Crippen molar-refractivity contribution < 1.29 is 22.4 Å². The number of nitrogens with zero attached hydrogens (tertiary/aromatic N) is 5. The van der Waals surface area contributed by atoms with Crippen molar-refractivity contribution in [3.8, 4) is 23.0 Å². The van der Waals surface area contributed by atoms with Gasteiger partial charge in [-0.2, -0.15) is 28.6 Å². The molecule has 34 heavy (non-hydrogen) atoms. The van der Waals surface area contributed by atoms with E-state index in [9.17, 15) is 27.6 Å². The summed E-state index contributed by atoms with van der Waals surface area (Å²) in [6, 6.07) is 6.62. The number of hydrogen-bond acceptors (Lipinski definition) is 4. The van der Waals surface area contributed by atoms with Crippen LogP contribution in [0.1, 0.15) is 47.3 Å². The lowest BCUT2D eigenvalue weighted by Crippen LogP contribution is -2.35. The summed E-state index contributed by atoms with van der Waals surface area (Å²) >= 11 is 6.18. The minimum atomic E-state index is -4.84. The zero-order valence-electron chi connectivity index (χ0n) is 17.7. The van der Waals surface area contributed by atoms with Gasteiger partial charge in [0.1, 0.15) is 16.8 Å². The maximum Gasteiger partial charge on any atom is 0.421 e. The third-order valence-electron chi connectivity index (χ3n) is 6.07. The van der Waals surface area contributed by atoms with Crippen LogP contribution in [0.3, 0.4) is 0 Å². The lowest BCUT2D eigenvalue weighted by Gasteiger charge is -2.12. The van der Waals surface area contributed by atoms with Gasteiger partial charge >= 0.3 is 6.18 Å². The zero-order valence-corrected chi connectivity index (χ0v) is 18.5. The van der Waals surface area contributed by atoms with Crippen molar-refractivity contribution in [2.45, 2.75) is 43.1 Å². The number of amides is 1. The van der Waals surface area contributed by atoms with Crippen LogP contribution in [0.4, 0.5) is 17.6 Å². The van der Waals surface area contributed by atoms with Gasteiger partial charge in [-0.05, 0) is 43.4 Å². The summed E-state index contributed by atoms with van der Waals surface area (Å²) in [4.78, 5) is 12.7. The molecule has 1 amide bonds. The topological polar surface area (TPSA) is 88.5 Å².